The first kappa shape index (κ1) is 73.2. The Morgan fingerprint density at radius 1 is 0.382 bits per heavy atom. The van der Waals surface area contributed by atoms with Gasteiger partial charge in [-0.2, -0.15) is 0 Å². The van der Waals surface area contributed by atoms with Crippen LogP contribution in [0.25, 0.3) is 0 Å². The predicted octanol–water partition coefficient (Wildman–Crippen LogP) is 18.7. The second kappa shape index (κ2) is 58.3. The first-order chi connectivity index (χ1) is 37.2. The summed E-state index contributed by atoms with van der Waals surface area (Å²) >= 11 is 0. The zero-order valence-corrected chi connectivity index (χ0v) is 49.9. The van der Waals surface area contributed by atoms with Crippen LogP contribution in [0.4, 0.5) is 0 Å². The maximum Gasteiger partial charge on any atom is 0.472 e. The molecule has 0 radical (unpaired) electrons. The molecule has 442 valence electrons. The molecule has 0 saturated carbocycles. The van der Waals surface area contributed by atoms with Crippen LogP contribution in [0.5, 0.6) is 0 Å². The van der Waals surface area contributed by atoms with Gasteiger partial charge in [-0.25, -0.2) is 4.57 Å². The summed E-state index contributed by atoms with van der Waals surface area (Å²) in [6.07, 6.45) is 64.6. The van der Waals surface area contributed by atoms with E-state index in [1.807, 2.05) is 0 Å². The molecule has 0 aromatic carbocycles. The van der Waals surface area contributed by atoms with Crippen molar-refractivity contribution in [1.29, 1.82) is 0 Å². The molecule has 3 atom stereocenters. The molecule has 0 aromatic rings. The number of carbonyl (C=O) groups excluding carboxylic acids is 3. The second-order valence-electron chi connectivity index (χ2n) is 20.8. The van der Waals surface area contributed by atoms with Crippen molar-refractivity contribution < 1.29 is 52.2 Å². The summed E-state index contributed by atoms with van der Waals surface area (Å²) < 4.78 is 39.6. The van der Waals surface area contributed by atoms with Crippen LogP contribution in [0.2, 0.25) is 0 Å². The number of carbonyl (C=O) groups is 3. The molecule has 76 heavy (non-hydrogen) atoms. The molecule has 0 rings (SSSR count). The van der Waals surface area contributed by atoms with E-state index < -0.39 is 57.8 Å². The number of esters is 3. The number of aliphatic hydroxyl groups excluding tert-OH is 1. The molecule has 0 fully saturated rings. The first-order valence-electron chi connectivity index (χ1n) is 31.2. The molecule has 0 bridgehead atoms. The van der Waals surface area contributed by atoms with Gasteiger partial charge in [0.05, 0.1) is 19.8 Å². The van der Waals surface area contributed by atoms with Crippen molar-refractivity contribution >= 4 is 25.7 Å². The van der Waals surface area contributed by atoms with Gasteiger partial charge < -0.3 is 24.2 Å². The summed E-state index contributed by atoms with van der Waals surface area (Å²) in [5, 5.41) is 9.83. The van der Waals surface area contributed by atoms with Gasteiger partial charge in [0.1, 0.15) is 12.7 Å². The number of phosphoric ester groups is 1. The van der Waals surface area contributed by atoms with E-state index in [2.05, 4.69) is 81.5 Å². The fourth-order valence-electron chi connectivity index (χ4n) is 8.70. The largest absolute Gasteiger partial charge is 0.472 e. The van der Waals surface area contributed by atoms with Crippen LogP contribution in [-0.2, 0) is 42.2 Å². The van der Waals surface area contributed by atoms with Crippen molar-refractivity contribution in [3.05, 3.63) is 60.8 Å². The molecule has 0 aliphatic rings. The molecule has 0 aromatic heterocycles. The number of hydrogen-bond acceptors (Lipinski definition) is 10. The molecule has 2 N–H and O–H groups in total. The van der Waals surface area contributed by atoms with Crippen LogP contribution in [0.3, 0.4) is 0 Å². The third kappa shape index (κ3) is 55.9. The highest BCUT2D eigenvalue weighted by Crippen LogP contribution is 2.43. The molecule has 3 unspecified atom stereocenters. The standard InChI is InChI=1S/C64H115O11P/c1-4-7-10-13-16-19-22-25-27-29-30-32-34-37-40-43-46-49-52-55-64(68)75-61(57-71-62(66)53-50-47-44-41-38-35-24-21-18-15-12-9-6-3)59-73-76(69,70)72-58-60(56-65)74-63(67)54-51-48-45-42-39-36-33-31-28-26-23-20-17-14-11-8-5-2/h8,11,17,20,25-28,33,36,60-61,65H,4-7,9-10,12-16,18-19,21-24,29-32,34-35,37-59H2,1-3H3,(H,69,70)/b11-8-,20-17-,27-25-,28-26-,36-33-. The van der Waals surface area contributed by atoms with Crippen LogP contribution in [0.1, 0.15) is 290 Å². The minimum absolute atomic E-state index is 0.150. The summed E-state index contributed by atoms with van der Waals surface area (Å²) in [4.78, 5) is 48.7. The average Bonchev–Trinajstić information content (AvgIpc) is 3.41. The SMILES string of the molecule is CC/C=C\C/C=C\C/C=C\C/C=C\CCCCCCC(=O)OC(CO)COP(=O)(O)OCC(COC(=O)CCCCCCCCCCCCCCC)OC(=O)CCCCCCCCCCC/C=C\CCCCCCCC. The van der Waals surface area contributed by atoms with Gasteiger partial charge in [-0.3, -0.25) is 23.4 Å². The third-order valence-corrected chi connectivity index (χ3v) is 14.4. The van der Waals surface area contributed by atoms with Crippen molar-refractivity contribution in [1.82, 2.24) is 0 Å². The van der Waals surface area contributed by atoms with Crippen LogP contribution < -0.4 is 0 Å². The molecule has 11 nitrogen and oxygen atoms in total. The van der Waals surface area contributed by atoms with Crippen molar-refractivity contribution in [2.75, 3.05) is 26.4 Å². The Bertz CT molecular complexity index is 1510. The number of aliphatic hydroxyl groups is 1. The normalized spacial score (nSPS) is 13.7. The van der Waals surface area contributed by atoms with Gasteiger partial charge >= 0.3 is 25.7 Å². The predicted molar refractivity (Wildman–Crippen MR) is 316 cm³/mol. The first-order valence-corrected chi connectivity index (χ1v) is 32.7. The highest BCUT2D eigenvalue weighted by atomic mass is 31.2. The van der Waals surface area contributed by atoms with E-state index in [1.54, 1.807) is 0 Å². The van der Waals surface area contributed by atoms with Crippen LogP contribution >= 0.6 is 7.82 Å². The lowest BCUT2D eigenvalue weighted by Gasteiger charge is -2.21. The van der Waals surface area contributed by atoms with Crippen molar-refractivity contribution in [2.24, 2.45) is 0 Å². The van der Waals surface area contributed by atoms with Gasteiger partial charge in [-0.15, -0.1) is 0 Å². The lowest BCUT2D eigenvalue weighted by Crippen LogP contribution is -2.30. The lowest BCUT2D eigenvalue weighted by atomic mass is 10.0. The van der Waals surface area contributed by atoms with E-state index >= 15 is 0 Å². The summed E-state index contributed by atoms with van der Waals surface area (Å²) in [5.41, 5.74) is 0. The smallest absolute Gasteiger partial charge is 0.462 e. The van der Waals surface area contributed by atoms with E-state index in [1.165, 1.54) is 141 Å². The molecule has 0 spiro atoms. The zero-order valence-electron chi connectivity index (χ0n) is 49.0. The van der Waals surface area contributed by atoms with Crippen LogP contribution in [0.15, 0.2) is 60.8 Å². The Balaban J connectivity index is 4.69. The van der Waals surface area contributed by atoms with E-state index in [0.717, 1.165) is 89.9 Å². The highest BCUT2D eigenvalue weighted by Gasteiger charge is 2.28. The average molecular weight is 1090 g/mol. The Kier molecular flexibility index (Phi) is 56.2. The summed E-state index contributed by atoms with van der Waals surface area (Å²) in [7, 11) is -4.76. The lowest BCUT2D eigenvalue weighted by molar-refractivity contribution is -0.161. The van der Waals surface area contributed by atoms with E-state index in [9.17, 15) is 28.9 Å². The number of hydrogen-bond donors (Lipinski definition) is 2. The quantitative estimate of drug-likeness (QED) is 0.0197. The molecule has 12 heteroatoms. The minimum Gasteiger partial charge on any atom is -0.462 e. The Morgan fingerprint density at radius 3 is 1.07 bits per heavy atom. The second-order valence-corrected chi connectivity index (χ2v) is 22.3. The Hall–Kier alpha value is -2.82. The Labute approximate surface area is 465 Å². The fraction of sp³-hybridized carbons (Fsp3) is 0.797. The molecule has 0 aliphatic heterocycles. The van der Waals surface area contributed by atoms with Crippen molar-refractivity contribution in [2.45, 2.75) is 303 Å². The summed E-state index contributed by atoms with van der Waals surface area (Å²) in [6, 6.07) is 0. The fourth-order valence-corrected chi connectivity index (χ4v) is 9.48. The van der Waals surface area contributed by atoms with Crippen LogP contribution in [0, 0.1) is 0 Å². The van der Waals surface area contributed by atoms with Crippen molar-refractivity contribution in [3.63, 3.8) is 0 Å². The number of allylic oxidation sites excluding steroid dienone is 10. The maximum absolute atomic E-state index is 12.9. The van der Waals surface area contributed by atoms with E-state index in [-0.39, 0.29) is 25.9 Å². The number of ether oxygens (including phenoxy) is 3. The van der Waals surface area contributed by atoms with E-state index in [4.69, 9.17) is 23.3 Å². The molecular weight excluding hydrogens is 976 g/mol. The van der Waals surface area contributed by atoms with Gasteiger partial charge in [-0.05, 0) is 83.5 Å². The van der Waals surface area contributed by atoms with Gasteiger partial charge in [0.2, 0.25) is 0 Å². The number of phosphoric acid groups is 1. The van der Waals surface area contributed by atoms with Crippen molar-refractivity contribution in [3.8, 4) is 0 Å². The zero-order chi connectivity index (χ0) is 55.5. The van der Waals surface area contributed by atoms with Gasteiger partial charge in [0.25, 0.3) is 0 Å². The topological polar surface area (TPSA) is 155 Å². The molecule has 0 saturated heterocycles. The molecule has 0 aliphatic carbocycles. The van der Waals surface area contributed by atoms with Gasteiger partial charge in [-0.1, -0.05) is 248 Å². The highest BCUT2D eigenvalue weighted by molar-refractivity contribution is 7.47. The van der Waals surface area contributed by atoms with Crippen LogP contribution in [-0.4, -0.2) is 66.5 Å². The monoisotopic (exact) mass is 1090 g/mol. The number of rotatable bonds is 58. The minimum atomic E-state index is -4.76. The summed E-state index contributed by atoms with van der Waals surface area (Å²) in [5.74, 6) is -1.47. The Morgan fingerprint density at radius 2 is 0.684 bits per heavy atom. The number of unbranched alkanes of at least 4 members (excludes halogenated alkanes) is 31. The molecule has 0 heterocycles. The molecular formula is C64H115O11P. The maximum atomic E-state index is 12.9. The van der Waals surface area contributed by atoms with Gasteiger partial charge in [0, 0.05) is 19.3 Å². The van der Waals surface area contributed by atoms with Gasteiger partial charge in [0.15, 0.2) is 6.10 Å². The summed E-state index contributed by atoms with van der Waals surface area (Å²) in [6.45, 7) is 4.54. The third-order valence-electron chi connectivity index (χ3n) is 13.4. The molecule has 0 amide bonds. The van der Waals surface area contributed by atoms with E-state index in [0.29, 0.717) is 19.3 Å².